The van der Waals surface area contributed by atoms with Gasteiger partial charge in [0.05, 0.1) is 0 Å². The lowest BCUT2D eigenvalue weighted by Crippen LogP contribution is -2.54. The van der Waals surface area contributed by atoms with Gasteiger partial charge in [-0.25, -0.2) is 8.42 Å². The van der Waals surface area contributed by atoms with Gasteiger partial charge in [0.15, 0.2) is 0 Å². The Morgan fingerprint density at radius 2 is 1.78 bits per heavy atom. The second-order valence-electron chi connectivity index (χ2n) is 5.49. The standard InChI is InChI=1S/C12H20N2O2S2/c1-12(2,3)13-6-8-14(9-7-13)18(15,16)11-5-4-10-17-11/h4-5,10H,6-9H2,1-3H3. The van der Waals surface area contributed by atoms with Crippen molar-refractivity contribution in [3.05, 3.63) is 17.5 Å². The molecular formula is C12H20N2O2S2. The second-order valence-corrected chi connectivity index (χ2v) is 8.61. The van der Waals surface area contributed by atoms with Gasteiger partial charge in [-0.05, 0) is 32.2 Å². The average Bonchev–Trinajstić information content (AvgIpc) is 2.82. The highest BCUT2D eigenvalue weighted by molar-refractivity contribution is 7.91. The van der Waals surface area contributed by atoms with Crippen LogP contribution in [0.3, 0.4) is 0 Å². The summed E-state index contributed by atoms with van der Waals surface area (Å²) in [4.78, 5) is 2.33. The Morgan fingerprint density at radius 1 is 1.17 bits per heavy atom. The molecule has 0 aromatic carbocycles. The fourth-order valence-electron chi connectivity index (χ4n) is 2.14. The number of piperazine rings is 1. The van der Waals surface area contributed by atoms with Crippen molar-refractivity contribution >= 4 is 21.4 Å². The molecule has 0 spiro atoms. The molecule has 0 N–H and O–H groups in total. The van der Waals surface area contributed by atoms with Crippen LogP contribution in [0.2, 0.25) is 0 Å². The Hall–Kier alpha value is -0.430. The van der Waals surface area contributed by atoms with E-state index >= 15 is 0 Å². The van der Waals surface area contributed by atoms with Crippen LogP contribution in [-0.2, 0) is 10.0 Å². The van der Waals surface area contributed by atoms with Crippen LogP contribution in [0.5, 0.6) is 0 Å². The molecule has 0 saturated carbocycles. The highest BCUT2D eigenvalue weighted by Crippen LogP contribution is 2.23. The maximum atomic E-state index is 12.3. The van der Waals surface area contributed by atoms with Crippen molar-refractivity contribution in [3.63, 3.8) is 0 Å². The van der Waals surface area contributed by atoms with Gasteiger partial charge in [0.2, 0.25) is 0 Å². The lowest BCUT2D eigenvalue weighted by molar-refractivity contribution is 0.0922. The molecular weight excluding hydrogens is 268 g/mol. The summed E-state index contributed by atoms with van der Waals surface area (Å²) in [6, 6.07) is 3.46. The molecule has 1 aliphatic rings. The van der Waals surface area contributed by atoms with Gasteiger partial charge in [-0.15, -0.1) is 11.3 Å². The van der Waals surface area contributed by atoms with Gasteiger partial charge in [-0.1, -0.05) is 6.07 Å². The maximum absolute atomic E-state index is 12.3. The summed E-state index contributed by atoms with van der Waals surface area (Å²) in [5.41, 5.74) is 0.110. The van der Waals surface area contributed by atoms with E-state index in [1.165, 1.54) is 11.3 Å². The van der Waals surface area contributed by atoms with Gasteiger partial charge < -0.3 is 0 Å². The van der Waals surface area contributed by atoms with Crippen LogP contribution < -0.4 is 0 Å². The van der Waals surface area contributed by atoms with Crippen molar-refractivity contribution in [3.8, 4) is 0 Å². The summed E-state index contributed by atoms with van der Waals surface area (Å²) in [7, 11) is -3.26. The molecule has 6 heteroatoms. The topological polar surface area (TPSA) is 40.6 Å². The first kappa shape index (κ1) is 14.0. The Kier molecular flexibility index (Phi) is 3.82. The van der Waals surface area contributed by atoms with Crippen molar-refractivity contribution in [2.75, 3.05) is 26.2 Å². The normalized spacial score (nSPS) is 20.2. The zero-order valence-electron chi connectivity index (χ0n) is 11.1. The van der Waals surface area contributed by atoms with E-state index in [0.717, 1.165) is 13.1 Å². The van der Waals surface area contributed by atoms with Crippen LogP contribution in [0.4, 0.5) is 0 Å². The van der Waals surface area contributed by atoms with Crippen LogP contribution in [0.1, 0.15) is 20.8 Å². The molecule has 2 rings (SSSR count). The van der Waals surface area contributed by atoms with E-state index in [9.17, 15) is 8.42 Å². The van der Waals surface area contributed by atoms with Crippen LogP contribution in [-0.4, -0.2) is 49.3 Å². The molecule has 0 radical (unpaired) electrons. The zero-order valence-corrected chi connectivity index (χ0v) is 12.7. The predicted molar refractivity (Wildman–Crippen MR) is 74.4 cm³/mol. The number of sulfonamides is 1. The molecule has 1 aromatic heterocycles. The van der Waals surface area contributed by atoms with E-state index in [1.54, 1.807) is 21.8 Å². The van der Waals surface area contributed by atoms with Crippen molar-refractivity contribution in [1.82, 2.24) is 9.21 Å². The highest BCUT2D eigenvalue weighted by Gasteiger charge is 2.32. The van der Waals surface area contributed by atoms with E-state index in [4.69, 9.17) is 0 Å². The number of hydrogen-bond acceptors (Lipinski definition) is 4. The summed E-state index contributed by atoms with van der Waals surface area (Å²) in [5, 5.41) is 1.80. The zero-order chi connectivity index (χ0) is 13.4. The minimum atomic E-state index is -3.26. The molecule has 1 aliphatic heterocycles. The Labute approximate surface area is 113 Å². The van der Waals surface area contributed by atoms with Crippen LogP contribution in [0.15, 0.2) is 21.7 Å². The fraction of sp³-hybridized carbons (Fsp3) is 0.667. The van der Waals surface area contributed by atoms with Gasteiger partial charge in [-0.3, -0.25) is 4.90 Å². The smallest absolute Gasteiger partial charge is 0.252 e. The lowest BCUT2D eigenvalue weighted by Gasteiger charge is -2.41. The monoisotopic (exact) mass is 288 g/mol. The first-order valence-corrected chi connectivity index (χ1v) is 8.42. The Bertz CT molecular complexity index is 481. The first-order valence-electron chi connectivity index (χ1n) is 6.10. The van der Waals surface area contributed by atoms with Gasteiger partial charge in [0.1, 0.15) is 4.21 Å². The number of hydrogen-bond donors (Lipinski definition) is 0. The van der Waals surface area contributed by atoms with Gasteiger partial charge in [0, 0.05) is 31.7 Å². The number of thiophene rings is 1. The van der Waals surface area contributed by atoms with Crippen LogP contribution in [0, 0.1) is 0 Å². The second kappa shape index (κ2) is 4.92. The average molecular weight is 288 g/mol. The minimum absolute atomic E-state index is 0.110. The summed E-state index contributed by atoms with van der Waals surface area (Å²) in [6.45, 7) is 9.25. The van der Waals surface area contributed by atoms with E-state index in [-0.39, 0.29) is 5.54 Å². The molecule has 0 amide bonds. The molecule has 102 valence electrons. The Balaban J connectivity index is 2.07. The van der Waals surface area contributed by atoms with E-state index in [1.807, 2.05) is 0 Å². The largest absolute Gasteiger partial charge is 0.296 e. The number of rotatable bonds is 2. The Morgan fingerprint density at radius 3 is 2.22 bits per heavy atom. The molecule has 1 fully saturated rings. The third kappa shape index (κ3) is 2.77. The molecule has 1 aromatic rings. The molecule has 18 heavy (non-hydrogen) atoms. The van der Waals surface area contributed by atoms with E-state index in [0.29, 0.717) is 17.3 Å². The minimum Gasteiger partial charge on any atom is -0.296 e. The molecule has 0 unspecified atom stereocenters. The SMILES string of the molecule is CC(C)(C)N1CCN(S(=O)(=O)c2cccs2)CC1. The van der Waals surface area contributed by atoms with Gasteiger partial charge >= 0.3 is 0 Å². The third-order valence-electron chi connectivity index (χ3n) is 3.28. The van der Waals surface area contributed by atoms with Gasteiger partial charge in [0.25, 0.3) is 10.0 Å². The molecule has 0 atom stereocenters. The fourth-order valence-corrected chi connectivity index (χ4v) is 4.70. The number of nitrogens with zero attached hydrogens (tertiary/aromatic N) is 2. The quantitative estimate of drug-likeness (QED) is 0.834. The summed E-state index contributed by atoms with van der Waals surface area (Å²) in [5.74, 6) is 0. The molecule has 2 heterocycles. The summed E-state index contributed by atoms with van der Waals surface area (Å²) < 4.78 is 26.7. The molecule has 0 bridgehead atoms. The van der Waals surface area contributed by atoms with Crippen molar-refractivity contribution in [2.45, 2.75) is 30.5 Å². The summed E-state index contributed by atoms with van der Waals surface area (Å²) >= 11 is 1.29. The van der Waals surface area contributed by atoms with Gasteiger partial charge in [-0.2, -0.15) is 4.31 Å². The van der Waals surface area contributed by atoms with Crippen molar-refractivity contribution in [1.29, 1.82) is 0 Å². The molecule has 4 nitrogen and oxygen atoms in total. The molecule has 1 saturated heterocycles. The molecule has 0 aliphatic carbocycles. The van der Waals surface area contributed by atoms with Crippen molar-refractivity contribution in [2.24, 2.45) is 0 Å². The lowest BCUT2D eigenvalue weighted by atomic mass is 10.1. The predicted octanol–water partition coefficient (Wildman–Crippen LogP) is 1.85. The maximum Gasteiger partial charge on any atom is 0.252 e. The third-order valence-corrected chi connectivity index (χ3v) is 6.55. The summed E-state index contributed by atoms with van der Waals surface area (Å²) in [6.07, 6.45) is 0. The van der Waals surface area contributed by atoms with Crippen LogP contribution >= 0.6 is 11.3 Å². The first-order chi connectivity index (χ1) is 8.32. The van der Waals surface area contributed by atoms with Crippen LogP contribution in [0.25, 0.3) is 0 Å². The van der Waals surface area contributed by atoms with E-state index in [2.05, 4.69) is 25.7 Å². The van der Waals surface area contributed by atoms with Crippen molar-refractivity contribution < 1.29 is 8.42 Å². The highest BCUT2D eigenvalue weighted by atomic mass is 32.2. The van der Waals surface area contributed by atoms with E-state index < -0.39 is 10.0 Å².